The standard InChI is InChI=1S/C34H38N2O11/c1-34(2,3)47-33(40)35-20-9-11-21(12-10-20)36-29(32(39)45-8)28(19-15-26(42-5)30(44-7)27(16-19)43-6)22-17-25(46-14-13-37)24(41-4)18-23(22)31(36)38/h9-12,15-18,37H,13-14H2,1-8H3,(H,35,40). The molecule has 1 heterocycles. The van der Waals surface area contributed by atoms with Crippen LogP contribution in [0.15, 0.2) is 53.3 Å². The third-order valence-electron chi connectivity index (χ3n) is 6.92. The maximum absolute atomic E-state index is 14.4. The summed E-state index contributed by atoms with van der Waals surface area (Å²) in [6, 6.07) is 12.6. The van der Waals surface area contributed by atoms with Crippen molar-refractivity contribution >= 4 is 28.5 Å². The van der Waals surface area contributed by atoms with Gasteiger partial charge in [0.05, 0.1) is 47.5 Å². The molecule has 250 valence electrons. The molecule has 1 aromatic heterocycles. The van der Waals surface area contributed by atoms with Crippen LogP contribution in [0, 0.1) is 0 Å². The molecule has 1 amide bonds. The van der Waals surface area contributed by atoms with Crippen LogP contribution < -0.4 is 34.6 Å². The molecule has 0 aliphatic rings. The Balaban J connectivity index is 2.11. The van der Waals surface area contributed by atoms with Gasteiger partial charge in [0.2, 0.25) is 5.75 Å². The van der Waals surface area contributed by atoms with E-state index in [1.165, 1.54) is 46.2 Å². The third-order valence-corrected chi connectivity index (χ3v) is 6.92. The molecule has 0 radical (unpaired) electrons. The van der Waals surface area contributed by atoms with Crippen molar-refractivity contribution in [3.63, 3.8) is 0 Å². The lowest BCUT2D eigenvalue weighted by Gasteiger charge is -2.22. The molecule has 4 rings (SSSR count). The number of nitrogens with one attached hydrogen (secondary N) is 1. The van der Waals surface area contributed by atoms with Gasteiger partial charge in [-0.2, -0.15) is 0 Å². The quantitative estimate of drug-likeness (QED) is 0.206. The van der Waals surface area contributed by atoms with E-state index in [1.807, 2.05) is 0 Å². The molecular formula is C34H38N2O11. The monoisotopic (exact) mass is 650 g/mol. The molecule has 0 saturated heterocycles. The molecule has 2 N–H and O–H groups in total. The van der Waals surface area contributed by atoms with Crippen molar-refractivity contribution in [2.45, 2.75) is 26.4 Å². The normalized spacial score (nSPS) is 11.1. The van der Waals surface area contributed by atoms with E-state index in [0.29, 0.717) is 39.6 Å². The van der Waals surface area contributed by atoms with Gasteiger partial charge in [-0.15, -0.1) is 0 Å². The van der Waals surface area contributed by atoms with Crippen molar-refractivity contribution in [3.8, 4) is 45.6 Å². The first-order valence-electron chi connectivity index (χ1n) is 14.4. The van der Waals surface area contributed by atoms with Gasteiger partial charge in [-0.1, -0.05) is 0 Å². The summed E-state index contributed by atoms with van der Waals surface area (Å²) in [4.78, 5) is 40.5. The van der Waals surface area contributed by atoms with Gasteiger partial charge in [0.25, 0.3) is 5.56 Å². The highest BCUT2D eigenvalue weighted by Crippen LogP contribution is 2.45. The van der Waals surface area contributed by atoms with Gasteiger partial charge >= 0.3 is 12.1 Å². The molecule has 3 aromatic carbocycles. The van der Waals surface area contributed by atoms with Gasteiger partial charge in [-0.05, 0) is 74.9 Å². The topological polar surface area (TPSA) is 153 Å². The maximum atomic E-state index is 14.4. The van der Waals surface area contributed by atoms with Gasteiger partial charge in [-0.25, -0.2) is 9.59 Å². The maximum Gasteiger partial charge on any atom is 0.412 e. The molecule has 4 aromatic rings. The van der Waals surface area contributed by atoms with Crippen LogP contribution in [0.2, 0.25) is 0 Å². The largest absolute Gasteiger partial charge is 0.493 e. The first-order valence-corrected chi connectivity index (χ1v) is 14.4. The molecule has 13 heteroatoms. The molecule has 0 bridgehead atoms. The number of ether oxygens (including phenoxy) is 7. The average Bonchev–Trinajstić information content (AvgIpc) is 3.05. The summed E-state index contributed by atoms with van der Waals surface area (Å²) in [6.07, 6.45) is -0.653. The summed E-state index contributed by atoms with van der Waals surface area (Å²) in [7, 11) is 7.01. The SMILES string of the molecule is COC(=O)c1c(-c2cc(OC)c(OC)c(OC)c2)c2cc(OCCO)c(OC)cc2c(=O)n1-c1ccc(NC(=O)OC(C)(C)C)cc1. The van der Waals surface area contributed by atoms with Crippen LogP contribution in [0.4, 0.5) is 10.5 Å². The van der Waals surface area contributed by atoms with Crippen molar-refractivity contribution < 1.29 is 47.9 Å². The van der Waals surface area contributed by atoms with E-state index >= 15 is 0 Å². The van der Waals surface area contributed by atoms with E-state index < -0.39 is 23.2 Å². The van der Waals surface area contributed by atoms with Crippen LogP contribution in [0.5, 0.6) is 28.7 Å². The molecule has 0 fully saturated rings. The van der Waals surface area contributed by atoms with Crippen molar-refractivity contribution in [1.82, 2.24) is 4.57 Å². The van der Waals surface area contributed by atoms with Crippen molar-refractivity contribution in [2.24, 2.45) is 0 Å². The fourth-order valence-corrected chi connectivity index (χ4v) is 5.00. The summed E-state index contributed by atoms with van der Waals surface area (Å²) in [5.74, 6) is 0.550. The van der Waals surface area contributed by atoms with Crippen LogP contribution in [0.1, 0.15) is 31.3 Å². The summed E-state index contributed by atoms with van der Waals surface area (Å²) < 4.78 is 39.8. The molecule has 0 atom stereocenters. The zero-order valence-electron chi connectivity index (χ0n) is 27.5. The lowest BCUT2D eigenvalue weighted by molar-refractivity contribution is 0.0589. The molecule has 13 nitrogen and oxygen atoms in total. The Bertz CT molecular complexity index is 1820. The zero-order chi connectivity index (χ0) is 34.5. The number of rotatable bonds is 11. The second-order valence-electron chi connectivity index (χ2n) is 11.1. The number of esters is 1. The Hall–Kier alpha value is -5.43. The number of hydrogen-bond donors (Lipinski definition) is 2. The number of amides is 1. The van der Waals surface area contributed by atoms with E-state index in [1.54, 1.807) is 63.2 Å². The predicted molar refractivity (Wildman–Crippen MR) is 175 cm³/mol. The molecular weight excluding hydrogens is 612 g/mol. The van der Waals surface area contributed by atoms with E-state index in [0.717, 1.165) is 0 Å². The molecule has 0 aliphatic carbocycles. The number of methoxy groups -OCH3 is 5. The zero-order valence-corrected chi connectivity index (χ0v) is 27.5. The summed E-state index contributed by atoms with van der Waals surface area (Å²) in [6.45, 7) is 4.93. The van der Waals surface area contributed by atoms with Crippen molar-refractivity contribution in [1.29, 1.82) is 0 Å². The minimum atomic E-state index is -0.822. The van der Waals surface area contributed by atoms with Gasteiger partial charge in [0.15, 0.2) is 23.0 Å². The Morgan fingerprint density at radius 3 is 1.91 bits per heavy atom. The third kappa shape index (κ3) is 7.20. The lowest BCUT2D eigenvalue weighted by Crippen LogP contribution is -2.27. The van der Waals surface area contributed by atoms with Gasteiger partial charge in [0.1, 0.15) is 17.9 Å². The Kier molecular flexibility index (Phi) is 10.5. The highest BCUT2D eigenvalue weighted by atomic mass is 16.6. The minimum Gasteiger partial charge on any atom is -0.493 e. The number of fused-ring (bicyclic) bond motifs is 1. The van der Waals surface area contributed by atoms with Gasteiger partial charge in [-0.3, -0.25) is 14.7 Å². The van der Waals surface area contributed by atoms with Gasteiger partial charge < -0.3 is 38.3 Å². The Morgan fingerprint density at radius 1 is 0.809 bits per heavy atom. The number of carbonyl (C=O) groups excluding carboxylic acids is 2. The second kappa shape index (κ2) is 14.3. The van der Waals surface area contributed by atoms with Crippen molar-refractivity contribution in [3.05, 3.63) is 64.6 Å². The van der Waals surface area contributed by atoms with Crippen LogP contribution >= 0.6 is 0 Å². The smallest absolute Gasteiger partial charge is 0.412 e. The number of aliphatic hydroxyl groups is 1. The number of hydrogen-bond acceptors (Lipinski definition) is 11. The van der Waals surface area contributed by atoms with Gasteiger partial charge in [0, 0.05) is 22.3 Å². The summed E-state index contributed by atoms with van der Waals surface area (Å²) in [5, 5.41) is 12.6. The summed E-state index contributed by atoms with van der Waals surface area (Å²) in [5.41, 5.74) is -0.0143. The first-order chi connectivity index (χ1) is 22.4. The molecule has 0 unspecified atom stereocenters. The van der Waals surface area contributed by atoms with E-state index in [-0.39, 0.29) is 41.4 Å². The number of pyridine rings is 1. The highest BCUT2D eigenvalue weighted by molar-refractivity contribution is 6.08. The Morgan fingerprint density at radius 2 is 1.40 bits per heavy atom. The average molecular weight is 651 g/mol. The fraction of sp³-hybridized carbons (Fsp3) is 0.324. The van der Waals surface area contributed by atoms with Crippen molar-refractivity contribution in [2.75, 3.05) is 54.1 Å². The predicted octanol–water partition coefficient (Wildman–Crippen LogP) is 5.20. The number of anilines is 1. The molecule has 47 heavy (non-hydrogen) atoms. The van der Waals surface area contributed by atoms with Crippen LogP contribution in [0.25, 0.3) is 27.6 Å². The second-order valence-corrected chi connectivity index (χ2v) is 11.1. The molecule has 0 saturated carbocycles. The Labute approximate surface area is 271 Å². The molecule has 0 spiro atoms. The van der Waals surface area contributed by atoms with E-state index in [9.17, 15) is 19.5 Å². The first kappa shape index (κ1) is 34.4. The number of aliphatic hydroxyl groups excluding tert-OH is 1. The molecule has 0 aliphatic heterocycles. The van der Waals surface area contributed by atoms with Crippen LogP contribution in [0.3, 0.4) is 0 Å². The van der Waals surface area contributed by atoms with Crippen LogP contribution in [-0.2, 0) is 9.47 Å². The fourth-order valence-electron chi connectivity index (χ4n) is 5.00. The number of carbonyl (C=O) groups is 2. The lowest BCUT2D eigenvalue weighted by atomic mass is 9.95. The number of aromatic nitrogens is 1. The highest BCUT2D eigenvalue weighted by Gasteiger charge is 2.28. The summed E-state index contributed by atoms with van der Waals surface area (Å²) >= 11 is 0. The van der Waals surface area contributed by atoms with E-state index in [4.69, 9.17) is 33.2 Å². The minimum absolute atomic E-state index is 0.0496. The van der Waals surface area contributed by atoms with Crippen LogP contribution in [-0.4, -0.2) is 76.1 Å². The number of nitrogens with zero attached hydrogens (tertiary/aromatic N) is 1. The van der Waals surface area contributed by atoms with E-state index in [2.05, 4.69) is 5.32 Å². The number of benzene rings is 3.